The Hall–Kier alpha value is -1.87. The number of hydrogen-bond donors (Lipinski definition) is 0. The Morgan fingerprint density at radius 1 is 1.11 bits per heavy atom. The third kappa shape index (κ3) is 2.36. The van der Waals surface area contributed by atoms with E-state index in [2.05, 4.69) is 23.2 Å². The lowest BCUT2D eigenvalue weighted by molar-refractivity contribution is 0.306. The Morgan fingerprint density at radius 2 is 1.94 bits per heavy atom. The molecule has 0 saturated carbocycles. The van der Waals surface area contributed by atoms with Gasteiger partial charge in [0.15, 0.2) is 0 Å². The average Bonchev–Trinajstić information content (AvgIpc) is 2.77. The molecule has 1 heterocycles. The van der Waals surface area contributed by atoms with Gasteiger partial charge in [0.2, 0.25) is 0 Å². The van der Waals surface area contributed by atoms with Gasteiger partial charge in [0.25, 0.3) is 0 Å². The maximum absolute atomic E-state index is 5.77. The Kier molecular flexibility index (Phi) is 2.99. The zero-order valence-electron chi connectivity index (χ0n) is 10.1. The van der Waals surface area contributed by atoms with Crippen molar-refractivity contribution in [2.75, 3.05) is 0 Å². The predicted molar refractivity (Wildman–Crippen MR) is 75.1 cm³/mol. The summed E-state index contributed by atoms with van der Waals surface area (Å²) >= 11 is 1.71. The van der Waals surface area contributed by atoms with Gasteiger partial charge >= 0.3 is 0 Å². The van der Waals surface area contributed by atoms with E-state index in [0.29, 0.717) is 6.61 Å². The molecular formula is C15H13NOS. The largest absolute Gasteiger partial charge is 0.489 e. The number of nitrogens with zero attached hydrogens (tertiary/aromatic N) is 1. The maximum Gasteiger partial charge on any atom is 0.122 e. The maximum atomic E-state index is 5.77. The van der Waals surface area contributed by atoms with E-state index in [1.807, 2.05) is 37.3 Å². The summed E-state index contributed by atoms with van der Waals surface area (Å²) in [6.07, 6.45) is 0. The summed E-state index contributed by atoms with van der Waals surface area (Å²) in [7, 11) is 0. The molecule has 0 amide bonds. The Balaban J connectivity index is 1.78. The lowest BCUT2D eigenvalue weighted by atomic mass is 10.2. The van der Waals surface area contributed by atoms with Gasteiger partial charge in [-0.15, -0.1) is 11.3 Å². The molecule has 0 unspecified atom stereocenters. The summed E-state index contributed by atoms with van der Waals surface area (Å²) in [5, 5.41) is 1.09. The number of rotatable bonds is 3. The number of thiazole rings is 1. The first kappa shape index (κ1) is 11.2. The van der Waals surface area contributed by atoms with Crippen LogP contribution in [-0.2, 0) is 6.61 Å². The summed E-state index contributed by atoms with van der Waals surface area (Å²) in [6.45, 7) is 2.62. The first-order valence-electron chi connectivity index (χ1n) is 5.85. The molecule has 0 bridgehead atoms. The molecule has 18 heavy (non-hydrogen) atoms. The first-order valence-corrected chi connectivity index (χ1v) is 6.67. The van der Waals surface area contributed by atoms with Crippen molar-refractivity contribution in [1.29, 1.82) is 0 Å². The summed E-state index contributed by atoms with van der Waals surface area (Å²) in [6, 6.07) is 16.2. The molecule has 3 aromatic rings. The Bertz CT molecular complexity index is 661. The van der Waals surface area contributed by atoms with Crippen molar-refractivity contribution in [2.24, 2.45) is 0 Å². The van der Waals surface area contributed by atoms with Gasteiger partial charge in [0.1, 0.15) is 12.4 Å². The van der Waals surface area contributed by atoms with Crippen LogP contribution in [0.1, 0.15) is 10.6 Å². The minimum atomic E-state index is 0.593. The van der Waals surface area contributed by atoms with Crippen LogP contribution in [0.5, 0.6) is 5.75 Å². The summed E-state index contributed by atoms with van der Waals surface area (Å²) in [5.74, 6) is 0.872. The normalized spacial score (nSPS) is 10.7. The van der Waals surface area contributed by atoms with Gasteiger partial charge in [-0.1, -0.05) is 30.3 Å². The molecule has 0 atom stereocenters. The zero-order chi connectivity index (χ0) is 12.4. The van der Waals surface area contributed by atoms with Crippen molar-refractivity contribution in [3.8, 4) is 5.75 Å². The van der Waals surface area contributed by atoms with Gasteiger partial charge < -0.3 is 4.74 Å². The number of fused-ring (bicyclic) bond motifs is 1. The summed E-state index contributed by atoms with van der Waals surface area (Å²) in [5.41, 5.74) is 2.19. The molecule has 1 aromatic heterocycles. The fourth-order valence-corrected chi connectivity index (χ4v) is 2.66. The molecular weight excluding hydrogens is 242 g/mol. The quantitative estimate of drug-likeness (QED) is 0.700. The zero-order valence-corrected chi connectivity index (χ0v) is 10.9. The molecule has 90 valence electrons. The van der Waals surface area contributed by atoms with Gasteiger partial charge in [0.05, 0.1) is 15.2 Å². The van der Waals surface area contributed by atoms with Gasteiger partial charge in [-0.2, -0.15) is 0 Å². The van der Waals surface area contributed by atoms with Crippen LogP contribution in [0.2, 0.25) is 0 Å². The van der Waals surface area contributed by atoms with Crippen molar-refractivity contribution in [2.45, 2.75) is 13.5 Å². The molecule has 3 rings (SSSR count). The van der Waals surface area contributed by atoms with Gasteiger partial charge in [-0.05, 0) is 24.6 Å². The highest BCUT2D eigenvalue weighted by molar-refractivity contribution is 7.18. The third-order valence-corrected chi connectivity index (χ3v) is 3.67. The highest BCUT2D eigenvalue weighted by atomic mass is 32.1. The molecule has 2 nitrogen and oxygen atoms in total. The van der Waals surface area contributed by atoms with Crippen molar-refractivity contribution in [3.05, 3.63) is 59.1 Å². The topological polar surface area (TPSA) is 22.1 Å². The average molecular weight is 255 g/mol. The van der Waals surface area contributed by atoms with E-state index >= 15 is 0 Å². The van der Waals surface area contributed by atoms with Gasteiger partial charge in [0, 0.05) is 6.07 Å². The van der Waals surface area contributed by atoms with E-state index in [-0.39, 0.29) is 0 Å². The second-order valence-electron chi connectivity index (χ2n) is 4.14. The van der Waals surface area contributed by atoms with Crippen molar-refractivity contribution >= 4 is 21.6 Å². The minimum Gasteiger partial charge on any atom is -0.489 e. The van der Waals surface area contributed by atoms with E-state index in [9.17, 15) is 0 Å². The third-order valence-electron chi connectivity index (χ3n) is 2.71. The SMILES string of the molecule is Cc1nc2cc(OCc3ccccc3)ccc2s1. The fourth-order valence-electron chi connectivity index (χ4n) is 1.85. The standard InChI is InChI=1S/C15H13NOS/c1-11-16-14-9-13(7-8-15(14)18-11)17-10-12-5-3-2-4-6-12/h2-9H,10H2,1H3. The first-order chi connectivity index (χ1) is 8.81. The van der Waals surface area contributed by atoms with Gasteiger partial charge in [-0.25, -0.2) is 4.98 Å². The molecule has 0 aliphatic heterocycles. The molecule has 0 fully saturated rings. The smallest absolute Gasteiger partial charge is 0.122 e. The highest BCUT2D eigenvalue weighted by Gasteiger charge is 2.02. The van der Waals surface area contributed by atoms with Crippen LogP contribution < -0.4 is 4.74 Å². The molecule has 0 saturated heterocycles. The second kappa shape index (κ2) is 4.78. The Labute approximate surface area is 110 Å². The van der Waals surface area contributed by atoms with E-state index < -0.39 is 0 Å². The van der Waals surface area contributed by atoms with Crippen LogP contribution in [0.15, 0.2) is 48.5 Å². The molecule has 0 aliphatic carbocycles. The number of aryl methyl sites for hydroxylation is 1. The number of hydrogen-bond acceptors (Lipinski definition) is 3. The van der Waals surface area contributed by atoms with Crippen LogP contribution >= 0.6 is 11.3 Å². The fraction of sp³-hybridized carbons (Fsp3) is 0.133. The van der Waals surface area contributed by atoms with Crippen LogP contribution in [0.4, 0.5) is 0 Å². The molecule has 2 aromatic carbocycles. The molecule has 0 aliphatic rings. The molecule has 0 spiro atoms. The number of benzene rings is 2. The number of ether oxygens (including phenoxy) is 1. The monoisotopic (exact) mass is 255 g/mol. The molecule has 3 heteroatoms. The van der Waals surface area contributed by atoms with Crippen molar-refractivity contribution < 1.29 is 4.74 Å². The van der Waals surface area contributed by atoms with E-state index in [1.165, 1.54) is 10.3 Å². The summed E-state index contributed by atoms with van der Waals surface area (Å²) < 4.78 is 6.98. The van der Waals surface area contributed by atoms with E-state index in [4.69, 9.17) is 4.74 Å². The van der Waals surface area contributed by atoms with E-state index in [0.717, 1.165) is 16.3 Å². The van der Waals surface area contributed by atoms with Crippen LogP contribution in [0.25, 0.3) is 10.2 Å². The van der Waals surface area contributed by atoms with Crippen LogP contribution in [0.3, 0.4) is 0 Å². The predicted octanol–water partition coefficient (Wildman–Crippen LogP) is 4.18. The number of aromatic nitrogens is 1. The summed E-state index contributed by atoms with van der Waals surface area (Å²) in [4.78, 5) is 4.47. The van der Waals surface area contributed by atoms with Gasteiger partial charge in [-0.3, -0.25) is 0 Å². The highest BCUT2D eigenvalue weighted by Crippen LogP contribution is 2.25. The Morgan fingerprint density at radius 3 is 2.78 bits per heavy atom. The second-order valence-corrected chi connectivity index (χ2v) is 5.37. The van der Waals surface area contributed by atoms with Crippen LogP contribution in [0, 0.1) is 6.92 Å². The minimum absolute atomic E-state index is 0.593. The molecule has 0 N–H and O–H groups in total. The lowest BCUT2D eigenvalue weighted by Crippen LogP contribution is -1.94. The van der Waals surface area contributed by atoms with Crippen molar-refractivity contribution in [1.82, 2.24) is 4.98 Å². The molecule has 0 radical (unpaired) electrons. The van der Waals surface area contributed by atoms with Crippen LogP contribution in [-0.4, -0.2) is 4.98 Å². The van der Waals surface area contributed by atoms with E-state index in [1.54, 1.807) is 11.3 Å². The lowest BCUT2D eigenvalue weighted by Gasteiger charge is -2.05. The van der Waals surface area contributed by atoms with Crippen molar-refractivity contribution in [3.63, 3.8) is 0 Å².